The molecule has 2 aromatic rings. The number of thiophene rings is 1. The molecular formula is C22H28ClN3O3S. The summed E-state index contributed by atoms with van der Waals surface area (Å²) < 4.78 is 5.12. The van der Waals surface area contributed by atoms with Crippen molar-refractivity contribution in [3.63, 3.8) is 0 Å². The van der Waals surface area contributed by atoms with Crippen LogP contribution in [0.1, 0.15) is 34.6 Å². The summed E-state index contributed by atoms with van der Waals surface area (Å²) >= 11 is 7.70. The lowest BCUT2D eigenvalue weighted by molar-refractivity contribution is -0.117. The summed E-state index contributed by atoms with van der Waals surface area (Å²) in [6, 6.07) is 9.71. The van der Waals surface area contributed by atoms with Gasteiger partial charge in [0.2, 0.25) is 5.91 Å². The number of aryl methyl sites for hydroxylation is 1. The number of rotatable bonds is 8. The van der Waals surface area contributed by atoms with Crippen molar-refractivity contribution in [3.8, 4) is 0 Å². The van der Waals surface area contributed by atoms with Crippen LogP contribution >= 0.6 is 22.9 Å². The number of nitrogens with one attached hydrogen (secondary N) is 1. The molecule has 162 valence electrons. The molecule has 1 aromatic heterocycles. The number of hydrogen-bond donors (Lipinski definition) is 1. The molecule has 0 bridgehead atoms. The average molecular weight is 450 g/mol. The molecular weight excluding hydrogens is 422 g/mol. The van der Waals surface area contributed by atoms with Gasteiger partial charge in [-0.3, -0.25) is 14.6 Å². The van der Waals surface area contributed by atoms with Gasteiger partial charge in [0.15, 0.2) is 0 Å². The molecule has 6 nitrogen and oxygen atoms in total. The molecule has 0 unspecified atom stereocenters. The summed E-state index contributed by atoms with van der Waals surface area (Å²) in [5.41, 5.74) is 1.57. The van der Waals surface area contributed by atoms with Gasteiger partial charge >= 0.3 is 5.97 Å². The fourth-order valence-electron chi connectivity index (χ4n) is 3.41. The zero-order valence-electron chi connectivity index (χ0n) is 17.4. The predicted molar refractivity (Wildman–Crippen MR) is 121 cm³/mol. The molecule has 0 saturated carbocycles. The van der Waals surface area contributed by atoms with Crippen LogP contribution in [0.5, 0.6) is 0 Å². The van der Waals surface area contributed by atoms with Crippen LogP contribution in [0.2, 0.25) is 5.02 Å². The number of amides is 1. The average Bonchev–Trinajstić information content (AvgIpc) is 3.14. The van der Waals surface area contributed by atoms with Gasteiger partial charge in [-0.15, -0.1) is 11.3 Å². The number of piperazine rings is 1. The minimum Gasteiger partial charge on any atom is -0.462 e. The monoisotopic (exact) mass is 449 g/mol. The second-order valence-corrected chi connectivity index (χ2v) is 8.77. The molecule has 1 saturated heterocycles. The van der Waals surface area contributed by atoms with E-state index in [2.05, 4.69) is 21.2 Å². The first kappa shape index (κ1) is 22.7. The Morgan fingerprint density at radius 1 is 1.13 bits per heavy atom. The lowest BCUT2D eigenvalue weighted by atomic mass is 10.2. The Bertz CT molecular complexity index is 878. The number of carbonyl (C=O) groups is 2. The van der Waals surface area contributed by atoms with Gasteiger partial charge in [0.05, 0.1) is 18.7 Å². The van der Waals surface area contributed by atoms with E-state index in [9.17, 15) is 9.59 Å². The molecule has 1 aromatic carbocycles. The number of hydrogen-bond acceptors (Lipinski definition) is 6. The summed E-state index contributed by atoms with van der Waals surface area (Å²) in [5, 5.41) is 4.28. The van der Waals surface area contributed by atoms with E-state index in [4.69, 9.17) is 16.3 Å². The topological polar surface area (TPSA) is 61.9 Å². The number of carbonyl (C=O) groups excluding carboxylic acids is 2. The lowest BCUT2D eigenvalue weighted by Gasteiger charge is -2.34. The second kappa shape index (κ2) is 10.9. The number of halogens is 1. The first-order valence-corrected chi connectivity index (χ1v) is 11.5. The van der Waals surface area contributed by atoms with Gasteiger partial charge < -0.3 is 10.1 Å². The lowest BCUT2D eigenvalue weighted by Crippen LogP contribution is -2.48. The SMILES string of the molecule is CCOC(=O)c1cc(CC)sc1NC(=O)CN1CCN(Cc2ccccc2Cl)CC1. The van der Waals surface area contributed by atoms with E-state index in [0.717, 1.165) is 54.6 Å². The molecule has 2 heterocycles. The van der Waals surface area contributed by atoms with Crippen LogP contribution < -0.4 is 5.32 Å². The maximum absolute atomic E-state index is 12.6. The van der Waals surface area contributed by atoms with Crippen LogP contribution in [-0.4, -0.2) is 61.0 Å². The third-order valence-corrected chi connectivity index (χ3v) is 6.63. The van der Waals surface area contributed by atoms with E-state index in [0.29, 0.717) is 23.7 Å². The summed E-state index contributed by atoms with van der Waals surface area (Å²) in [7, 11) is 0. The highest BCUT2D eigenvalue weighted by Gasteiger charge is 2.22. The number of ether oxygens (including phenoxy) is 1. The van der Waals surface area contributed by atoms with Crippen LogP contribution in [0.4, 0.5) is 5.00 Å². The summed E-state index contributed by atoms with van der Waals surface area (Å²) in [4.78, 5) is 30.3. The van der Waals surface area contributed by atoms with Crippen LogP contribution in [-0.2, 0) is 22.5 Å². The standard InChI is InChI=1S/C22H28ClN3O3S/c1-3-17-13-18(22(28)29-4-2)21(30-17)24-20(27)15-26-11-9-25(10-12-26)14-16-7-5-6-8-19(16)23/h5-8,13H,3-4,9-12,14-15H2,1-2H3,(H,24,27). The van der Waals surface area contributed by atoms with Gasteiger partial charge in [0.25, 0.3) is 0 Å². The molecule has 0 spiro atoms. The van der Waals surface area contributed by atoms with Crippen molar-refractivity contribution in [2.75, 3.05) is 44.6 Å². The smallest absolute Gasteiger partial charge is 0.341 e. The Balaban J connectivity index is 1.51. The first-order chi connectivity index (χ1) is 14.5. The maximum atomic E-state index is 12.6. The minimum absolute atomic E-state index is 0.107. The number of nitrogens with zero attached hydrogens (tertiary/aromatic N) is 2. The first-order valence-electron chi connectivity index (χ1n) is 10.3. The van der Waals surface area contributed by atoms with Crippen LogP contribution in [0, 0.1) is 0 Å². The molecule has 1 aliphatic heterocycles. The zero-order valence-corrected chi connectivity index (χ0v) is 19.0. The van der Waals surface area contributed by atoms with Crippen molar-refractivity contribution in [2.24, 2.45) is 0 Å². The van der Waals surface area contributed by atoms with Crippen molar-refractivity contribution in [1.82, 2.24) is 9.80 Å². The molecule has 30 heavy (non-hydrogen) atoms. The van der Waals surface area contributed by atoms with Crippen molar-refractivity contribution >= 4 is 39.8 Å². The van der Waals surface area contributed by atoms with Crippen molar-refractivity contribution in [1.29, 1.82) is 0 Å². The van der Waals surface area contributed by atoms with E-state index >= 15 is 0 Å². The molecule has 1 fully saturated rings. The Kier molecular flexibility index (Phi) is 8.27. The number of anilines is 1. The van der Waals surface area contributed by atoms with Crippen molar-refractivity contribution in [3.05, 3.63) is 51.4 Å². The molecule has 3 rings (SSSR count). The van der Waals surface area contributed by atoms with Crippen molar-refractivity contribution < 1.29 is 14.3 Å². The summed E-state index contributed by atoms with van der Waals surface area (Å²) in [5.74, 6) is -0.499. The van der Waals surface area contributed by atoms with Gasteiger partial charge in [-0.25, -0.2) is 4.79 Å². The Morgan fingerprint density at radius 3 is 2.50 bits per heavy atom. The van der Waals surface area contributed by atoms with Gasteiger partial charge in [-0.2, -0.15) is 0 Å². The third kappa shape index (κ3) is 6.04. The van der Waals surface area contributed by atoms with Gasteiger partial charge in [0.1, 0.15) is 5.00 Å². The fourth-order valence-corrected chi connectivity index (χ4v) is 4.61. The normalized spacial score (nSPS) is 15.2. The van der Waals surface area contributed by atoms with Crippen LogP contribution in [0.15, 0.2) is 30.3 Å². The largest absolute Gasteiger partial charge is 0.462 e. The summed E-state index contributed by atoms with van der Waals surface area (Å²) in [6.07, 6.45) is 0.806. The second-order valence-electron chi connectivity index (χ2n) is 7.22. The van der Waals surface area contributed by atoms with E-state index in [1.54, 1.807) is 6.92 Å². The van der Waals surface area contributed by atoms with E-state index in [1.165, 1.54) is 11.3 Å². The number of esters is 1. The molecule has 8 heteroatoms. The van der Waals surface area contributed by atoms with Crippen LogP contribution in [0.3, 0.4) is 0 Å². The number of benzene rings is 1. The Labute approximate surface area is 186 Å². The fraction of sp³-hybridized carbons (Fsp3) is 0.455. The molecule has 1 aliphatic rings. The quantitative estimate of drug-likeness (QED) is 0.619. The van der Waals surface area contributed by atoms with E-state index in [1.807, 2.05) is 31.2 Å². The molecule has 1 N–H and O–H groups in total. The van der Waals surface area contributed by atoms with E-state index < -0.39 is 5.97 Å². The maximum Gasteiger partial charge on any atom is 0.341 e. The Hall–Kier alpha value is -1.93. The molecule has 1 amide bonds. The van der Waals surface area contributed by atoms with E-state index in [-0.39, 0.29) is 5.91 Å². The summed E-state index contributed by atoms with van der Waals surface area (Å²) in [6.45, 7) is 8.61. The molecule has 0 atom stereocenters. The predicted octanol–water partition coefficient (Wildman–Crippen LogP) is 3.90. The Morgan fingerprint density at radius 2 is 1.83 bits per heavy atom. The highest BCUT2D eigenvalue weighted by atomic mass is 35.5. The van der Waals surface area contributed by atoms with Gasteiger partial charge in [-0.1, -0.05) is 36.7 Å². The highest BCUT2D eigenvalue weighted by Crippen LogP contribution is 2.29. The zero-order chi connectivity index (χ0) is 21.5. The third-order valence-electron chi connectivity index (χ3n) is 5.06. The molecule has 0 aliphatic carbocycles. The van der Waals surface area contributed by atoms with Gasteiger partial charge in [-0.05, 0) is 31.0 Å². The van der Waals surface area contributed by atoms with Gasteiger partial charge in [0, 0.05) is 42.6 Å². The van der Waals surface area contributed by atoms with Crippen molar-refractivity contribution in [2.45, 2.75) is 26.8 Å². The highest BCUT2D eigenvalue weighted by molar-refractivity contribution is 7.16. The molecule has 0 radical (unpaired) electrons. The van der Waals surface area contributed by atoms with Crippen LogP contribution in [0.25, 0.3) is 0 Å². The minimum atomic E-state index is -0.392.